The van der Waals surface area contributed by atoms with Crippen molar-refractivity contribution in [3.63, 3.8) is 0 Å². The molecule has 0 saturated carbocycles. The fourth-order valence-corrected chi connectivity index (χ4v) is 4.40. The number of anilines is 3. The zero-order chi connectivity index (χ0) is 25.7. The van der Waals surface area contributed by atoms with Crippen molar-refractivity contribution in [3.8, 4) is 5.75 Å². The highest BCUT2D eigenvalue weighted by Crippen LogP contribution is 2.26. The maximum atomic E-state index is 12.4. The third-order valence-electron chi connectivity index (χ3n) is 5.37. The predicted molar refractivity (Wildman–Crippen MR) is 144 cm³/mol. The zero-order valence-corrected chi connectivity index (χ0v) is 22.1. The van der Waals surface area contributed by atoms with Gasteiger partial charge in [-0.2, -0.15) is 0 Å². The first-order valence-corrected chi connectivity index (χ1v) is 12.6. The average Bonchev–Trinajstić information content (AvgIpc) is 3.28. The number of nitrogens with one attached hydrogen (secondary N) is 1. The second-order valence-electron chi connectivity index (χ2n) is 9.42. The molecule has 0 unspecified atom stereocenters. The Kier molecular flexibility index (Phi) is 7.73. The number of amides is 1. The number of hydrogen-bond acceptors (Lipinski definition) is 9. The fourth-order valence-electron chi connectivity index (χ4n) is 3.68. The average molecular weight is 509 g/mol. The van der Waals surface area contributed by atoms with Gasteiger partial charge in [-0.15, -0.1) is 0 Å². The van der Waals surface area contributed by atoms with Crippen LogP contribution < -0.4 is 15.0 Å². The molecule has 1 amide bonds. The van der Waals surface area contributed by atoms with E-state index in [9.17, 15) is 4.79 Å². The number of aryl methyl sites for hydroxylation is 1. The van der Waals surface area contributed by atoms with Crippen LogP contribution in [0.15, 0.2) is 36.5 Å². The second kappa shape index (κ2) is 10.9. The SMILES string of the molecule is COc1cccc(C=Cc2cnc(Nc3cc(N4CCN(C(=O)OC(C)(C)C)CC4)nc(C)n3)s2)c1. The molecule has 3 aromatic rings. The first-order valence-electron chi connectivity index (χ1n) is 11.8. The van der Waals surface area contributed by atoms with Crippen molar-refractivity contribution in [3.05, 3.63) is 52.8 Å². The van der Waals surface area contributed by atoms with E-state index in [-0.39, 0.29) is 6.09 Å². The Morgan fingerprint density at radius 1 is 1.11 bits per heavy atom. The van der Waals surface area contributed by atoms with Gasteiger partial charge in [0.2, 0.25) is 0 Å². The monoisotopic (exact) mass is 508 g/mol. The van der Waals surface area contributed by atoms with E-state index in [0.717, 1.165) is 27.1 Å². The molecule has 10 heteroatoms. The standard InChI is InChI=1S/C26H32N6O3S/c1-18-28-22(16-23(29-18)31-11-13-32(14-12-31)25(33)35-26(2,3)4)30-24-27-17-21(36-24)10-9-19-7-6-8-20(15-19)34-5/h6-10,15-17H,11-14H2,1-5H3,(H,27,28,29,30). The Morgan fingerprint density at radius 3 is 2.61 bits per heavy atom. The fraction of sp³-hybridized carbons (Fsp3) is 0.385. The van der Waals surface area contributed by atoms with Gasteiger partial charge in [-0.05, 0) is 51.5 Å². The summed E-state index contributed by atoms with van der Waals surface area (Å²) in [5.74, 6) is 3.00. The number of hydrogen-bond donors (Lipinski definition) is 1. The molecule has 36 heavy (non-hydrogen) atoms. The minimum absolute atomic E-state index is 0.275. The van der Waals surface area contributed by atoms with Gasteiger partial charge in [0.1, 0.15) is 28.8 Å². The molecule has 1 aliphatic rings. The van der Waals surface area contributed by atoms with Crippen molar-refractivity contribution in [1.82, 2.24) is 19.9 Å². The number of methoxy groups -OCH3 is 1. The highest BCUT2D eigenvalue weighted by Gasteiger charge is 2.26. The summed E-state index contributed by atoms with van der Waals surface area (Å²) in [6.07, 6.45) is 5.61. The topological polar surface area (TPSA) is 92.7 Å². The molecule has 1 N–H and O–H groups in total. The Morgan fingerprint density at radius 2 is 1.89 bits per heavy atom. The molecule has 2 aromatic heterocycles. The Balaban J connectivity index is 1.38. The van der Waals surface area contributed by atoms with Gasteiger partial charge in [0.15, 0.2) is 5.13 Å². The molecule has 4 rings (SSSR count). The van der Waals surface area contributed by atoms with E-state index in [2.05, 4.69) is 25.2 Å². The lowest BCUT2D eigenvalue weighted by atomic mass is 10.2. The normalized spacial score (nSPS) is 14.2. The Labute approximate surface area is 215 Å². The van der Waals surface area contributed by atoms with E-state index in [1.807, 2.05) is 76.4 Å². The van der Waals surface area contributed by atoms with Crippen molar-refractivity contribution < 1.29 is 14.3 Å². The van der Waals surface area contributed by atoms with Crippen LogP contribution in [0.3, 0.4) is 0 Å². The van der Waals surface area contributed by atoms with Gasteiger partial charge in [0.05, 0.1) is 7.11 Å². The van der Waals surface area contributed by atoms with Crippen molar-refractivity contribution >= 4 is 46.3 Å². The maximum absolute atomic E-state index is 12.4. The minimum Gasteiger partial charge on any atom is -0.497 e. The molecule has 1 fully saturated rings. The van der Waals surface area contributed by atoms with Crippen LogP contribution in [0.1, 0.15) is 37.0 Å². The molecule has 0 aliphatic carbocycles. The molecule has 190 valence electrons. The smallest absolute Gasteiger partial charge is 0.410 e. The third-order valence-corrected chi connectivity index (χ3v) is 6.25. The van der Waals surface area contributed by atoms with Gasteiger partial charge in [-0.1, -0.05) is 29.5 Å². The van der Waals surface area contributed by atoms with E-state index in [1.54, 1.807) is 12.0 Å². The molecular formula is C26H32N6O3S. The van der Waals surface area contributed by atoms with Crippen LogP contribution in [0.5, 0.6) is 5.75 Å². The highest BCUT2D eigenvalue weighted by atomic mass is 32.1. The van der Waals surface area contributed by atoms with E-state index in [0.29, 0.717) is 37.8 Å². The lowest BCUT2D eigenvalue weighted by Gasteiger charge is -2.36. The van der Waals surface area contributed by atoms with Gasteiger partial charge in [-0.25, -0.2) is 19.7 Å². The minimum atomic E-state index is -0.501. The summed E-state index contributed by atoms with van der Waals surface area (Å²) in [7, 11) is 1.66. The van der Waals surface area contributed by atoms with Gasteiger partial charge >= 0.3 is 6.09 Å². The quantitative estimate of drug-likeness (QED) is 0.484. The summed E-state index contributed by atoms with van der Waals surface area (Å²) in [4.78, 5) is 30.9. The maximum Gasteiger partial charge on any atom is 0.410 e. The number of nitrogens with zero attached hydrogens (tertiary/aromatic N) is 5. The lowest BCUT2D eigenvalue weighted by molar-refractivity contribution is 0.0240. The highest BCUT2D eigenvalue weighted by molar-refractivity contribution is 7.16. The van der Waals surface area contributed by atoms with E-state index >= 15 is 0 Å². The molecule has 1 aliphatic heterocycles. The summed E-state index contributed by atoms with van der Waals surface area (Å²) >= 11 is 1.54. The summed E-state index contributed by atoms with van der Waals surface area (Å²) < 4.78 is 10.8. The van der Waals surface area contributed by atoms with Crippen LogP contribution in [-0.2, 0) is 4.74 Å². The molecule has 1 saturated heterocycles. The van der Waals surface area contributed by atoms with E-state index in [1.165, 1.54) is 11.3 Å². The summed E-state index contributed by atoms with van der Waals surface area (Å²) in [5.41, 5.74) is 0.555. The molecule has 3 heterocycles. The van der Waals surface area contributed by atoms with Crippen LogP contribution in [0.2, 0.25) is 0 Å². The van der Waals surface area contributed by atoms with Crippen molar-refractivity contribution in [1.29, 1.82) is 0 Å². The zero-order valence-electron chi connectivity index (χ0n) is 21.3. The molecule has 1 aromatic carbocycles. The van der Waals surface area contributed by atoms with Crippen molar-refractivity contribution in [2.75, 3.05) is 43.5 Å². The lowest BCUT2D eigenvalue weighted by Crippen LogP contribution is -2.50. The van der Waals surface area contributed by atoms with Gasteiger partial charge < -0.3 is 24.6 Å². The number of aromatic nitrogens is 3. The predicted octanol–water partition coefficient (Wildman–Crippen LogP) is 5.22. The molecular weight excluding hydrogens is 476 g/mol. The number of carbonyl (C=O) groups excluding carboxylic acids is 1. The van der Waals surface area contributed by atoms with Crippen LogP contribution >= 0.6 is 11.3 Å². The number of benzene rings is 1. The van der Waals surface area contributed by atoms with Crippen LogP contribution in [0, 0.1) is 6.92 Å². The summed E-state index contributed by atoms with van der Waals surface area (Å²) in [6.45, 7) is 10.0. The van der Waals surface area contributed by atoms with E-state index in [4.69, 9.17) is 9.47 Å². The van der Waals surface area contributed by atoms with E-state index < -0.39 is 5.60 Å². The molecule has 0 spiro atoms. The van der Waals surface area contributed by atoms with Gasteiger partial charge in [0.25, 0.3) is 0 Å². The Bertz CT molecular complexity index is 1230. The van der Waals surface area contributed by atoms with Crippen LogP contribution in [0.4, 0.5) is 21.6 Å². The number of ether oxygens (including phenoxy) is 2. The summed E-state index contributed by atoms with van der Waals surface area (Å²) in [5, 5.41) is 4.05. The Hall–Kier alpha value is -3.66. The number of carbonyl (C=O) groups is 1. The first kappa shape index (κ1) is 25.4. The second-order valence-corrected chi connectivity index (χ2v) is 10.5. The van der Waals surface area contributed by atoms with Crippen molar-refractivity contribution in [2.24, 2.45) is 0 Å². The number of thiazole rings is 1. The number of rotatable bonds is 6. The van der Waals surface area contributed by atoms with Gasteiger partial charge in [-0.3, -0.25) is 0 Å². The van der Waals surface area contributed by atoms with Crippen molar-refractivity contribution in [2.45, 2.75) is 33.3 Å². The molecule has 0 bridgehead atoms. The molecule has 9 nitrogen and oxygen atoms in total. The number of piperazine rings is 1. The summed E-state index contributed by atoms with van der Waals surface area (Å²) in [6, 6.07) is 9.81. The van der Waals surface area contributed by atoms with Crippen LogP contribution in [0.25, 0.3) is 12.2 Å². The molecule has 0 radical (unpaired) electrons. The molecule has 0 atom stereocenters. The van der Waals surface area contributed by atoms with Gasteiger partial charge in [0, 0.05) is 43.3 Å². The first-order chi connectivity index (χ1) is 17.2. The third kappa shape index (κ3) is 6.94. The van der Waals surface area contributed by atoms with Crippen LogP contribution in [-0.4, -0.2) is 64.8 Å². The largest absolute Gasteiger partial charge is 0.497 e.